The lowest BCUT2D eigenvalue weighted by molar-refractivity contribution is -0.224. The average Bonchev–Trinajstić information content (AvgIpc) is 3.67. The van der Waals surface area contributed by atoms with E-state index >= 15 is 0 Å². The van der Waals surface area contributed by atoms with Gasteiger partial charge in [-0.15, -0.1) is 0 Å². The summed E-state index contributed by atoms with van der Waals surface area (Å²) in [4.78, 5) is 72.9. The predicted octanol–water partition coefficient (Wildman–Crippen LogP) is 6.42. The molecular weight excluding hydrogens is 734 g/mol. The van der Waals surface area contributed by atoms with Gasteiger partial charge in [0.25, 0.3) is 17.7 Å². The number of amides is 5. The summed E-state index contributed by atoms with van der Waals surface area (Å²) < 4.78 is 12.9. The van der Waals surface area contributed by atoms with Gasteiger partial charge in [0, 0.05) is 55.5 Å². The summed E-state index contributed by atoms with van der Waals surface area (Å²) >= 11 is 6.26. The molecule has 3 fully saturated rings. The number of hydrogen-bond donors (Lipinski definition) is 1. The van der Waals surface area contributed by atoms with E-state index in [1.165, 1.54) is 0 Å². The third-order valence-corrected chi connectivity index (χ3v) is 12.6. The molecule has 1 aliphatic carbocycles. The molecule has 0 spiro atoms. The van der Waals surface area contributed by atoms with Crippen LogP contribution in [0, 0.1) is 23.3 Å². The van der Waals surface area contributed by atoms with Crippen molar-refractivity contribution in [2.45, 2.75) is 84.7 Å². The number of benzene rings is 3. The lowest BCUT2D eigenvalue weighted by Crippen LogP contribution is -2.71. The van der Waals surface area contributed by atoms with Crippen molar-refractivity contribution < 1.29 is 33.4 Å². The molecule has 1 N–H and O–H groups in total. The van der Waals surface area contributed by atoms with Gasteiger partial charge in [-0.05, 0) is 84.8 Å². The maximum Gasteiger partial charge on any atom is 0.262 e. The Hall–Kier alpha value is -5.25. The van der Waals surface area contributed by atoms with Gasteiger partial charge in [-0.2, -0.15) is 0 Å². The molecule has 3 aromatic carbocycles. The molecule has 8 rings (SSSR count). The van der Waals surface area contributed by atoms with E-state index in [-0.39, 0.29) is 41.8 Å². The van der Waals surface area contributed by atoms with Crippen LogP contribution in [0.4, 0.5) is 5.69 Å². The number of likely N-dealkylation sites (tertiary alicyclic amines) is 1. The van der Waals surface area contributed by atoms with Crippen LogP contribution in [0.3, 0.4) is 0 Å². The predicted molar refractivity (Wildman–Crippen MR) is 206 cm³/mol. The Bertz CT molecular complexity index is 2140. The molecule has 0 bridgehead atoms. The number of ether oxygens (including phenoxy) is 2. The minimum absolute atomic E-state index is 0.000516. The van der Waals surface area contributed by atoms with Crippen molar-refractivity contribution in [2.75, 3.05) is 19.6 Å². The molecule has 5 amide bonds. The van der Waals surface area contributed by atoms with E-state index in [4.69, 9.17) is 27.6 Å². The zero-order valence-corrected chi connectivity index (χ0v) is 32.7. The number of imide groups is 2. The van der Waals surface area contributed by atoms with E-state index in [1.54, 1.807) is 30.3 Å². The van der Waals surface area contributed by atoms with Gasteiger partial charge < -0.3 is 14.4 Å². The molecule has 3 aromatic rings. The summed E-state index contributed by atoms with van der Waals surface area (Å²) in [7, 11) is 0. The van der Waals surface area contributed by atoms with Crippen molar-refractivity contribution in [2.24, 2.45) is 16.7 Å². The van der Waals surface area contributed by atoms with Gasteiger partial charge in [-0.25, -0.2) is 4.85 Å². The number of nitrogens with zero attached hydrogens (tertiary/aromatic N) is 4. The van der Waals surface area contributed by atoms with Crippen molar-refractivity contribution in [3.05, 3.63) is 98.9 Å². The SMILES string of the molecule is [C-]#[N+]c1ccc(OC2C(C)(C)C(Oc3ccc(C(=O)N4CCC(CN5Cc6cc7c(cc6C5)C(=O)N(C5CCC(=O)NC5=O)C7=O)CC4)cc3)C2(C)C)cc1Cl. The summed E-state index contributed by atoms with van der Waals surface area (Å²) in [6.45, 7) is 19.2. The zero-order chi connectivity index (χ0) is 39.7. The molecule has 0 radical (unpaired) electrons. The maximum atomic E-state index is 13.5. The number of rotatable bonds is 8. The molecule has 1 atom stereocenters. The number of nitrogens with one attached hydrogen (secondary N) is 1. The van der Waals surface area contributed by atoms with Crippen LogP contribution in [-0.4, -0.2) is 82.1 Å². The van der Waals surface area contributed by atoms with E-state index in [0.29, 0.717) is 71.0 Å². The Labute approximate surface area is 330 Å². The number of fused-ring (bicyclic) bond motifs is 2. The summed E-state index contributed by atoms with van der Waals surface area (Å²) in [6, 6.07) is 15.1. The molecule has 0 aromatic heterocycles. The van der Waals surface area contributed by atoms with E-state index < -0.39 is 29.7 Å². The fourth-order valence-corrected chi connectivity index (χ4v) is 9.95. The van der Waals surface area contributed by atoms with Crippen molar-refractivity contribution in [3.63, 3.8) is 0 Å². The second-order valence-corrected chi connectivity index (χ2v) is 17.3. The second-order valence-electron chi connectivity index (χ2n) is 16.9. The second kappa shape index (κ2) is 14.0. The average molecular weight is 778 g/mol. The number of hydrogen-bond acceptors (Lipinski definition) is 8. The number of carbonyl (C=O) groups is 5. The van der Waals surface area contributed by atoms with Gasteiger partial charge in [0.05, 0.1) is 22.7 Å². The Morgan fingerprint density at radius 3 is 1.96 bits per heavy atom. The third-order valence-electron chi connectivity index (χ3n) is 12.3. The number of halogens is 1. The summed E-state index contributed by atoms with van der Waals surface area (Å²) in [5.74, 6) is -0.282. The highest BCUT2D eigenvalue weighted by Crippen LogP contribution is 2.57. The molecule has 5 aliphatic rings. The summed E-state index contributed by atoms with van der Waals surface area (Å²) in [6.07, 6.45) is 1.66. The molecule has 1 saturated carbocycles. The fourth-order valence-electron chi connectivity index (χ4n) is 9.74. The van der Waals surface area contributed by atoms with E-state index in [1.807, 2.05) is 29.2 Å². The molecule has 56 heavy (non-hydrogen) atoms. The van der Waals surface area contributed by atoms with E-state index in [9.17, 15) is 24.0 Å². The first-order valence-corrected chi connectivity index (χ1v) is 19.5. The highest BCUT2D eigenvalue weighted by atomic mass is 35.5. The Balaban J connectivity index is 0.821. The smallest absolute Gasteiger partial charge is 0.262 e. The zero-order valence-electron chi connectivity index (χ0n) is 31.9. The summed E-state index contributed by atoms with van der Waals surface area (Å²) in [5, 5.41) is 2.60. The first-order valence-electron chi connectivity index (χ1n) is 19.1. The number of piperidine rings is 2. The van der Waals surface area contributed by atoms with Crippen LogP contribution in [0.5, 0.6) is 11.5 Å². The summed E-state index contributed by atoms with van der Waals surface area (Å²) in [5.41, 5.74) is 2.98. The highest BCUT2D eigenvalue weighted by Gasteiger charge is 2.65. The van der Waals surface area contributed by atoms with Crippen LogP contribution in [-0.2, 0) is 22.7 Å². The minimum atomic E-state index is -0.977. The standard InChI is InChI=1S/C43H44ClN5O7/c1-42(2)40(43(3,4)41(42)56-29-10-11-33(45-5)32(44)20-29)55-28-8-6-25(7-9-28)37(52)48-16-14-24(15-17-48)21-47-22-26-18-30-31(19-27(26)23-47)39(54)49(38(30)53)34-12-13-35(50)46-36(34)51/h6-11,18-20,24,34,40-41H,12-17,21-23H2,1-4H3,(H,46,50,51). The molecule has 13 heteroatoms. The van der Waals surface area contributed by atoms with Crippen LogP contribution in [0.1, 0.15) is 95.6 Å². The normalized spacial score (nSPS) is 24.2. The molecule has 290 valence electrons. The lowest BCUT2D eigenvalue weighted by atomic mass is 9.51. The highest BCUT2D eigenvalue weighted by molar-refractivity contribution is 6.33. The van der Waals surface area contributed by atoms with Crippen molar-refractivity contribution in [3.8, 4) is 11.5 Å². The molecule has 4 heterocycles. The van der Waals surface area contributed by atoms with Crippen LogP contribution < -0.4 is 14.8 Å². The van der Waals surface area contributed by atoms with Gasteiger partial charge in [0.1, 0.15) is 29.7 Å². The molecule has 12 nitrogen and oxygen atoms in total. The van der Waals surface area contributed by atoms with Gasteiger partial charge in [-0.3, -0.25) is 39.1 Å². The topological polar surface area (TPSA) is 130 Å². The first-order chi connectivity index (χ1) is 26.6. The number of carbonyl (C=O) groups excluding carboxylic acids is 5. The molecular formula is C43H44ClN5O7. The van der Waals surface area contributed by atoms with Crippen LogP contribution >= 0.6 is 11.6 Å². The van der Waals surface area contributed by atoms with Gasteiger partial charge in [0.15, 0.2) is 0 Å². The monoisotopic (exact) mass is 777 g/mol. The Morgan fingerprint density at radius 1 is 0.839 bits per heavy atom. The Kier molecular flexibility index (Phi) is 9.45. The van der Waals surface area contributed by atoms with Crippen molar-refractivity contribution >= 4 is 46.8 Å². The quantitative estimate of drug-likeness (QED) is 0.205. The van der Waals surface area contributed by atoms with E-state index in [0.717, 1.165) is 35.4 Å². The minimum Gasteiger partial charge on any atom is -0.489 e. The van der Waals surface area contributed by atoms with Crippen LogP contribution in [0.2, 0.25) is 5.02 Å². The van der Waals surface area contributed by atoms with Crippen molar-refractivity contribution in [1.29, 1.82) is 0 Å². The first kappa shape index (κ1) is 37.7. The molecule has 4 aliphatic heterocycles. The van der Waals surface area contributed by atoms with Crippen LogP contribution in [0.15, 0.2) is 54.6 Å². The van der Waals surface area contributed by atoms with Gasteiger partial charge in [-0.1, -0.05) is 45.4 Å². The molecule has 1 unspecified atom stereocenters. The Morgan fingerprint density at radius 2 is 1.41 bits per heavy atom. The lowest BCUT2D eigenvalue weighted by Gasteiger charge is -2.62. The van der Waals surface area contributed by atoms with Gasteiger partial charge >= 0.3 is 0 Å². The fraction of sp³-hybridized carbons (Fsp3) is 0.442. The van der Waals surface area contributed by atoms with Crippen molar-refractivity contribution in [1.82, 2.24) is 20.0 Å². The van der Waals surface area contributed by atoms with Crippen LogP contribution in [0.25, 0.3) is 4.85 Å². The maximum absolute atomic E-state index is 13.5. The van der Waals surface area contributed by atoms with E-state index in [2.05, 4.69) is 42.8 Å². The third kappa shape index (κ3) is 6.50. The van der Waals surface area contributed by atoms with Gasteiger partial charge in [0.2, 0.25) is 17.5 Å². The largest absolute Gasteiger partial charge is 0.489 e. The molecule has 2 saturated heterocycles.